The van der Waals surface area contributed by atoms with Crippen molar-refractivity contribution in [3.63, 3.8) is 0 Å². The number of aromatic hydroxyl groups is 1. The van der Waals surface area contributed by atoms with Crippen molar-refractivity contribution in [1.29, 1.82) is 0 Å². The molecule has 0 bridgehead atoms. The smallest absolute Gasteiger partial charge is 0.315 e. The number of esters is 1. The van der Waals surface area contributed by atoms with E-state index in [9.17, 15) is 4.79 Å². The summed E-state index contributed by atoms with van der Waals surface area (Å²) >= 11 is 0. The Bertz CT molecular complexity index is 543. The molecule has 0 amide bonds. The fraction of sp³-hybridized carbons (Fsp3) is 0.133. The molecular formula is C15H14O4. The molecule has 0 aliphatic heterocycles. The van der Waals surface area contributed by atoms with Gasteiger partial charge >= 0.3 is 5.97 Å². The number of hydrogen-bond acceptors (Lipinski definition) is 4. The Hall–Kier alpha value is -2.49. The van der Waals surface area contributed by atoms with Gasteiger partial charge in [-0.15, -0.1) is 0 Å². The van der Waals surface area contributed by atoms with Gasteiger partial charge in [-0.05, 0) is 42.0 Å². The average Bonchev–Trinajstić information content (AvgIpc) is 2.42. The van der Waals surface area contributed by atoms with Crippen LogP contribution in [-0.4, -0.2) is 18.2 Å². The number of rotatable bonds is 4. The van der Waals surface area contributed by atoms with E-state index in [1.54, 1.807) is 31.4 Å². The molecule has 0 aliphatic carbocycles. The van der Waals surface area contributed by atoms with Crippen LogP contribution >= 0.6 is 0 Å². The molecule has 0 saturated heterocycles. The average molecular weight is 258 g/mol. The highest BCUT2D eigenvalue weighted by molar-refractivity contribution is 5.75. The van der Waals surface area contributed by atoms with Crippen molar-refractivity contribution >= 4 is 5.97 Å². The van der Waals surface area contributed by atoms with E-state index in [0.29, 0.717) is 5.75 Å². The van der Waals surface area contributed by atoms with E-state index in [4.69, 9.17) is 14.6 Å². The number of carbonyl (C=O) groups is 1. The first-order valence-corrected chi connectivity index (χ1v) is 5.80. The molecule has 0 spiro atoms. The van der Waals surface area contributed by atoms with Crippen LogP contribution in [0.4, 0.5) is 0 Å². The third-order valence-electron chi connectivity index (χ3n) is 2.58. The van der Waals surface area contributed by atoms with Crippen LogP contribution in [0.15, 0.2) is 48.5 Å². The van der Waals surface area contributed by atoms with Crippen LogP contribution in [0.5, 0.6) is 17.2 Å². The fourth-order valence-corrected chi connectivity index (χ4v) is 1.59. The molecule has 0 aromatic heterocycles. The van der Waals surface area contributed by atoms with Crippen LogP contribution in [0.3, 0.4) is 0 Å². The van der Waals surface area contributed by atoms with E-state index < -0.39 is 0 Å². The minimum Gasteiger partial charge on any atom is -0.508 e. The van der Waals surface area contributed by atoms with E-state index in [2.05, 4.69) is 0 Å². The molecular weight excluding hydrogens is 244 g/mol. The van der Waals surface area contributed by atoms with Crippen LogP contribution in [0.25, 0.3) is 0 Å². The Labute approximate surface area is 111 Å². The van der Waals surface area contributed by atoms with Crippen molar-refractivity contribution in [2.75, 3.05) is 7.11 Å². The highest BCUT2D eigenvalue weighted by Crippen LogP contribution is 2.17. The number of ether oxygens (including phenoxy) is 2. The van der Waals surface area contributed by atoms with Gasteiger partial charge in [0.05, 0.1) is 13.5 Å². The van der Waals surface area contributed by atoms with Gasteiger partial charge in [0.2, 0.25) is 0 Å². The van der Waals surface area contributed by atoms with Crippen molar-refractivity contribution in [3.8, 4) is 17.2 Å². The minimum atomic E-state index is -0.351. The first-order chi connectivity index (χ1) is 9.17. The van der Waals surface area contributed by atoms with Crippen LogP contribution in [-0.2, 0) is 11.2 Å². The lowest BCUT2D eigenvalue weighted by molar-refractivity contribution is -0.133. The zero-order valence-corrected chi connectivity index (χ0v) is 10.5. The summed E-state index contributed by atoms with van der Waals surface area (Å²) in [4.78, 5) is 11.7. The monoisotopic (exact) mass is 258 g/mol. The van der Waals surface area contributed by atoms with Gasteiger partial charge in [-0.3, -0.25) is 4.79 Å². The predicted molar refractivity (Wildman–Crippen MR) is 70.4 cm³/mol. The van der Waals surface area contributed by atoms with Gasteiger partial charge in [-0.1, -0.05) is 12.1 Å². The number of hydrogen-bond donors (Lipinski definition) is 1. The SMILES string of the molecule is COc1ccc(CC(=O)Oc2ccc(O)cc2)cc1. The molecule has 0 radical (unpaired) electrons. The standard InChI is InChI=1S/C15H14O4/c1-18-13-6-2-11(3-7-13)10-15(17)19-14-8-4-12(16)5-9-14/h2-9,16H,10H2,1H3. The zero-order valence-electron chi connectivity index (χ0n) is 10.5. The van der Waals surface area contributed by atoms with Crippen molar-refractivity contribution in [2.45, 2.75) is 6.42 Å². The van der Waals surface area contributed by atoms with Crippen LogP contribution in [0.1, 0.15) is 5.56 Å². The lowest BCUT2D eigenvalue weighted by atomic mass is 10.1. The molecule has 98 valence electrons. The van der Waals surface area contributed by atoms with E-state index in [1.807, 2.05) is 12.1 Å². The maximum Gasteiger partial charge on any atom is 0.315 e. The van der Waals surface area contributed by atoms with Gasteiger partial charge in [0.25, 0.3) is 0 Å². The van der Waals surface area contributed by atoms with Crippen LogP contribution in [0.2, 0.25) is 0 Å². The molecule has 4 nitrogen and oxygen atoms in total. The van der Waals surface area contributed by atoms with Crippen molar-refractivity contribution in [2.24, 2.45) is 0 Å². The molecule has 2 aromatic rings. The zero-order chi connectivity index (χ0) is 13.7. The lowest BCUT2D eigenvalue weighted by Gasteiger charge is -2.05. The fourth-order valence-electron chi connectivity index (χ4n) is 1.59. The van der Waals surface area contributed by atoms with Gasteiger partial charge in [0.15, 0.2) is 0 Å². The number of benzene rings is 2. The summed E-state index contributed by atoms with van der Waals surface area (Å²) in [7, 11) is 1.59. The topological polar surface area (TPSA) is 55.8 Å². The number of carbonyl (C=O) groups excluding carboxylic acids is 1. The van der Waals surface area contributed by atoms with Crippen molar-refractivity contribution in [1.82, 2.24) is 0 Å². The van der Waals surface area contributed by atoms with E-state index in [1.165, 1.54) is 12.1 Å². The van der Waals surface area contributed by atoms with Crippen molar-refractivity contribution in [3.05, 3.63) is 54.1 Å². The van der Waals surface area contributed by atoms with Crippen LogP contribution < -0.4 is 9.47 Å². The summed E-state index contributed by atoms with van der Waals surface area (Å²) in [6.45, 7) is 0. The third kappa shape index (κ3) is 3.74. The predicted octanol–water partition coefficient (Wildman–Crippen LogP) is 2.55. The van der Waals surface area contributed by atoms with Crippen molar-refractivity contribution < 1.29 is 19.4 Å². The number of phenols is 1. The normalized spacial score (nSPS) is 9.95. The molecule has 0 saturated carbocycles. The van der Waals surface area contributed by atoms with Gasteiger partial charge < -0.3 is 14.6 Å². The molecule has 4 heteroatoms. The van der Waals surface area contributed by atoms with E-state index >= 15 is 0 Å². The quantitative estimate of drug-likeness (QED) is 0.676. The Morgan fingerprint density at radius 2 is 1.58 bits per heavy atom. The lowest BCUT2D eigenvalue weighted by Crippen LogP contribution is -2.11. The first-order valence-electron chi connectivity index (χ1n) is 5.80. The summed E-state index contributed by atoms with van der Waals surface area (Å²) in [5.41, 5.74) is 0.851. The Morgan fingerprint density at radius 3 is 2.16 bits per heavy atom. The third-order valence-corrected chi connectivity index (χ3v) is 2.58. The molecule has 1 N–H and O–H groups in total. The highest BCUT2D eigenvalue weighted by Gasteiger charge is 2.06. The highest BCUT2D eigenvalue weighted by atomic mass is 16.5. The second kappa shape index (κ2) is 5.91. The summed E-state index contributed by atoms with van der Waals surface area (Å²) in [6, 6.07) is 13.2. The summed E-state index contributed by atoms with van der Waals surface area (Å²) in [6.07, 6.45) is 0.185. The largest absolute Gasteiger partial charge is 0.508 e. The molecule has 0 heterocycles. The molecule has 0 unspecified atom stereocenters. The molecule has 19 heavy (non-hydrogen) atoms. The maximum absolute atomic E-state index is 11.7. The number of phenolic OH excluding ortho intramolecular Hbond substituents is 1. The maximum atomic E-state index is 11.7. The Balaban J connectivity index is 1.95. The van der Waals surface area contributed by atoms with E-state index in [0.717, 1.165) is 11.3 Å². The molecule has 0 fully saturated rings. The van der Waals surface area contributed by atoms with Gasteiger partial charge in [0, 0.05) is 0 Å². The Morgan fingerprint density at radius 1 is 1.00 bits per heavy atom. The van der Waals surface area contributed by atoms with E-state index in [-0.39, 0.29) is 18.1 Å². The molecule has 2 rings (SSSR count). The molecule has 0 aliphatic rings. The number of methoxy groups -OCH3 is 1. The second-order valence-corrected chi connectivity index (χ2v) is 3.99. The summed E-state index contributed by atoms with van der Waals surface area (Å²) in [5.74, 6) is 0.942. The van der Waals surface area contributed by atoms with Gasteiger partial charge in [-0.25, -0.2) is 0 Å². The molecule has 0 atom stereocenters. The second-order valence-electron chi connectivity index (χ2n) is 3.99. The van der Waals surface area contributed by atoms with Crippen LogP contribution in [0, 0.1) is 0 Å². The van der Waals surface area contributed by atoms with Gasteiger partial charge in [-0.2, -0.15) is 0 Å². The summed E-state index contributed by atoms with van der Waals surface area (Å²) < 4.78 is 10.2. The van der Waals surface area contributed by atoms with Gasteiger partial charge in [0.1, 0.15) is 17.2 Å². The molecule has 2 aromatic carbocycles. The first kappa shape index (κ1) is 13.0. The summed E-state index contributed by atoms with van der Waals surface area (Å²) in [5, 5.41) is 9.12. The Kier molecular flexibility index (Phi) is 4.03. The minimum absolute atomic E-state index is 0.134.